The number of para-hydroxylation sites is 1. The molecule has 1 fully saturated rings. The van der Waals surface area contributed by atoms with Gasteiger partial charge in [-0.2, -0.15) is 0 Å². The van der Waals surface area contributed by atoms with Crippen LogP contribution >= 0.6 is 24.0 Å². The van der Waals surface area contributed by atoms with E-state index >= 15 is 0 Å². The second-order valence-corrected chi connectivity index (χ2v) is 6.53. The fourth-order valence-corrected chi connectivity index (χ4v) is 3.34. The molecule has 0 atom stereocenters. The van der Waals surface area contributed by atoms with Crippen LogP contribution in [0, 0.1) is 0 Å². The van der Waals surface area contributed by atoms with Gasteiger partial charge in [0.15, 0.2) is 5.96 Å². The normalized spacial score (nSPS) is 18.7. The Kier molecular flexibility index (Phi) is 9.25. The number of aliphatic imine (C=N–C) groups is 1. The first-order valence-corrected chi connectivity index (χ1v) is 9.28. The molecule has 1 saturated heterocycles. The van der Waals surface area contributed by atoms with Gasteiger partial charge >= 0.3 is 0 Å². The molecule has 6 heteroatoms. The van der Waals surface area contributed by atoms with Crippen LogP contribution in [0.15, 0.2) is 47.0 Å². The van der Waals surface area contributed by atoms with Crippen molar-refractivity contribution in [3.8, 4) is 5.75 Å². The quantitative estimate of drug-likeness (QED) is 0.309. The first kappa shape index (κ1) is 21.0. The molecular weight excluding hydrogens is 441 g/mol. The third kappa shape index (κ3) is 6.46. The summed E-state index contributed by atoms with van der Waals surface area (Å²) in [4.78, 5) is 6.79. The molecule has 0 aromatic heterocycles. The molecule has 144 valence electrons. The summed E-state index contributed by atoms with van der Waals surface area (Å²) in [5, 5.41) is 3.50. The van der Waals surface area contributed by atoms with E-state index in [0.29, 0.717) is 6.10 Å². The van der Waals surface area contributed by atoms with Crippen molar-refractivity contribution < 1.29 is 9.47 Å². The molecule has 3 rings (SSSR count). The summed E-state index contributed by atoms with van der Waals surface area (Å²) in [6.45, 7) is 4.51. The number of piperidine rings is 1. The molecule has 0 unspecified atom stereocenters. The zero-order chi connectivity index (χ0) is 17.3. The molecule has 5 nitrogen and oxygen atoms in total. The number of nitrogens with zero attached hydrogens (tertiary/aromatic N) is 2. The third-order valence-electron chi connectivity index (χ3n) is 4.79. The first-order valence-electron chi connectivity index (χ1n) is 9.28. The average molecular weight is 471 g/mol. The average Bonchev–Trinajstić information content (AvgIpc) is 2.68. The largest absolute Gasteiger partial charge is 0.490 e. The number of halogens is 1. The van der Waals surface area contributed by atoms with E-state index in [1.165, 1.54) is 5.57 Å². The predicted octanol–water partition coefficient (Wildman–Crippen LogP) is 3.46. The number of likely N-dealkylation sites (tertiary alicyclic amines) is 1. The van der Waals surface area contributed by atoms with Crippen LogP contribution in [-0.2, 0) is 4.74 Å². The summed E-state index contributed by atoms with van der Waals surface area (Å²) < 4.78 is 11.4. The van der Waals surface area contributed by atoms with Gasteiger partial charge in [0.2, 0.25) is 0 Å². The van der Waals surface area contributed by atoms with Crippen LogP contribution in [0.4, 0.5) is 0 Å². The Morgan fingerprint density at radius 1 is 1.27 bits per heavy atom. The Hall–Kier alpha value is -1.28. The van der Waals surface area contributed by atoms with Crippen molar-refractivity contribution in [2.75, 3.05) is 39.9 Å². The van der Waals surface area contributed by atoms with Crippen LogP contribution in [0.3, 0.4) is 0 Å². The van der Waals surface area contributed by atoms with Crippen molar-refractivity contribution in [1.29, 1.82) is 0 Å². The molecule has 0 bridgehead atoms. The van der Waals surface area contributed by atoms with Gasteiger partial charge in [0.05, 0.1) is 13.2 Å². The number of nitrogens with one attached hydrogen (secondary N) is 1. The highest BCUT2D eigenvalue weighted by molar-refractivity contribution is 14.0. The smallest absolute Gasteiger partial charge is 0.193 e. The molecule has 0 aliphatic carbocycles. The van der Waals surface area contributed by atoms with Crippen molar-refractivity contribution in [3.05, 3.63) is 42.0 Å². The Morgan fingerprint density at radius 2 is 2.04 bits per heavy atom. The molecule has 0 spiro atoms. The minimum Gasteiger partial charge on any atom is -0.490 e. The molecule has 1 aromatic carbocycles. The van der Waals surface area contributed by atoms with Crippen molar-refractivity contribution in [2.24, 2.45) is 4.99 Å². The third-order valence-corrected chi connectivity index (χ3v) is 4.79. The summed E-state index contributed by atoms with van der Waals surface area (Å²) in [5.41, 5.74) is 1.49. The number of guanidine groups is 1. The lowest BCUT2D eigenvalue weighted by Crippen LogP contribution is -2.47. The number of rotatable bonds is 5. The molecule has 26 heavy (non-hydrogen) atoms. The van der Waals surface area contributed by atoms with E-state index < -0.39 is 0 Å². The van der Waals surface area contributed by atoms with Crippen molar-refractivity contribution in [2.45, 2.75) is 31.8 Å². The highest BCUT2D eigenvalue weighted by Gasteiger charge is 2.22. The predicted molar refractivity (Wildman–Crippen MR) is 117 cm³/mol. The Bertz CT molecular complexity index is 584. The standard InChI is InChI=1S/C20H29N3O2.HI/c1-21-20(22-12-7-17-10-15-24-16-11-17)23-13-8-19(9-14-23)25-18-5-3-2-4-6-18;/h2-6,10,19H,7-9,11-16H2,1H3,(H,21,22);1H. The van der Waals surface area contributed by atoms with E-state index in [9.17, 15) is 0 Å². The highest BCUT2D eigenvalue weighted by Crippen LogP contribution is 2.18. The van der Waals surface area contributed by atoms with Crippen LogP contribution in [0.5, 0.6) is 5.75 Å². The van der Waals surface area contributed by atoms with E-state index in [-0.39, 0.29) is 24.0 Å². The van der Waals surface area contributed by atoms with Gasteiger partial charge in [-0.25, -0.2) is 0 Å². The van der Waals surface area contributed by atoms with Gasteiger partial charge in [-0.1, -0.05) is 29.8 Å². The maximum Gasteiger partial charge on any atom is 0.193 e. The van der Waals surface area contributed by atoms with Crippen LogP contribution < -0.4 is 10.1 Å². The molecular formula is C20H30IN3O2. The molecule has 0 radical (unpaired) electrons. The zero-order valence-electron chi connectivity index (χ0n) is 15.5. The molecule has 0 amide bonds. The first-order chi connectivity index (χ1) is 12.3. The van der Waals surface area contributed by atoms with Gasteiger partial charge < -0.3 is 19.7 Å². The fourth-order valence-electron chi connectivity index (χ4n) is 3.34. The summed E-state index contributed by atoms with van der Waals surface area (Å²) in [7, 11) is 1.86. The minimum atomic E-state index is 0. The SMILES string of the molecule is CN=C(NCCC1=CCOCC1)N1CCC(Oc2ccccc2)CC1.I. The summed E-state index contributed by atoms with van der Waals surface area (Å²) in [5.74, 6) is 1.97. The Morgan fingerprint density at radius 3 is 2.69 bits per heavy atom. The summed E-state index contributed by atoms with van der Waals surface area (Å²) >= 11 is 0. The van der Waals surface area contributed by atoms with Gasteiger partial charge in [0, 0.05) is 39.5 Å². The van der Waals surface area contributed by atoms with Crippen molar-refractivity contribution in [3.63, 3.8) is 0 Å². The summed E-state index contributed by atoms with van der Waals surface area (Å²) in [6.07, 6.45) is 6.68. The number of benzene rings is 1. The lowest BCUT2D eigenvalue weighted by Gasteiger charge is -2.34. The zero-order valence-corrected chi connectivity index (χ0v) is 17.9. The second kappa shape index (κ2) is 11.4. The van der Waals surface area contributed by atoms with Crippen LogP contribution in [0.2, 0.25) is 0 Å². The van der Waals surface area contributed by atoms with E-state index in [1.54, 1.807) is 0 Å². The Balaban J connectivity index is 0.00000243. The molecule has 2 aliphatic heterocycles. The lowest BCUT2D eigenvalue weighted by atomic mass is 10.1. The van der Waals surface area contributed by atoms with Crippen molar-refractivity contribution >= 4 is 29.9 Å². The molecule has 2 aliphatic rings. The number of hydrogen-bond donors (Lipinski definition) is 1. The van der Waals surface area contributed by atoms with E-state index in [2.05, 4.69) is 21.3 Å². The van der Waals surface area contributed by atoms with Crippen LogP contribution in [0.25, 0.3) is 0 Å². The van der Waals surface area contributed by atoms with Gasteiger partial charge in [0.1, 0.15) is 11.9 Å². The van der Waals surface area contributed by atoms with E-state index in [4.69, 9.17) is 9.47 Å². The van der Waals surface area contributed by atoms with Gasteiger partial charge in [-0.15, -0.1) is 24.0 Å². The topological polar surface area (TPSA) is 46.1 Å². The molecule has 1 aromatic rings. The molecule has 1 N–H and O–H groups in total. The molecule has 2 heterocycles. The van der Waals surface area contributed by atoms with Crippen LogP contribution in [-0.4, -0.2) is 56.9 Å². The summed E-state index contributed by atoms with van der Waals surface area (Å²) in [6, 6.07) is 10.1. The molecule has 0 saturated carbocycles. The monoisotopic (exact) mass is 471 g/mol. The fraction of sp³-hybridized carbons (Fsp3) is 0.550. The maximum atomic E-state index is 6.07. The van der Waals surface area contributed by atoms with E-state index in [1.807, 2.05) is 37.4 Å². The number of hydrogen-bond acceptors (Lipinski definition) is 3. The van der Waals surface area contributed by atoms with Gasteiger partial charge in [-0.05, 0) is 25.0 Å². The second-order valence-electron chi connectivity index (χ2n) is 6.53. The number of ether oxygens (including phenoxy) is 2. The van der Waals surface area contributed by atoms with Gasteiger partial charge in [0.25, 0.3) is 0 Å². The van der Waals surface area contributed by atoms with E-state index in [0.717, 1.165) is 70.2 Å². The van der Waals surface area contributed by atoms with Gasteiger partial charge in [-0.3, -0.25) is 4.99 Å². The lowest BCUT2D eigenvalue weighted by molar-refractivity contribution is 0.129. The minimum absolute atomic E-state index is 0. The Labute approximate surface area is 173 Å². The van der Waals surface area contributed by atoms with Crippen LogP contribution in [0.1, 0.15) is 25.7 Å². The van der Waals surface area contributed by atoms with Crippen molar-refractivity contribution in [1.82, 2.24) is 10.2 Å². The highest BCUT2D eigenvalue weighted by atomic mass is 127. The maximum absolute atomic E-state index is 6.07.